The standard InChI is InChI=1S/C23H16FN3O4/c1-30-21-12-17-16(11-18(21)28)19(7-9-26-17)31-20-6-5-13-14(22(20)24)3-2-4-15(13)23(29)27-10-8-25/h2-7,9,11-12,28H,10H2,1H3,(H,27,29). The van der Waals surface area contributed by atoms with Gasteiger partial charge in [-0.3, -0.25) is 9.78 Å². The minimum Gasteiger partial charge on any atom is -0.504 e. The summed E-state index contributed by atoms with van der Waals surface area (Å²) in [6, 6.07) is 14.0. The molecule has 0 saturated carbocycles. The Morgan fingerprint density at radius 3 is 2.74 bits per heavy atom. The molecule has 7 nitrogen and oxygen atoms in total. The van der Waals surface area contributed by atoms with E-state index in [2.05, 4.69) is 10.3 Å². The molecule has 1 amide bonds. The van der Waals surface area contributed by atoms with Crippen LogP contribution in [0.2, 0.25) is 0 Å². The van der Waals surface area contributed by atoms with Crippen molar-refractivity contribution in [3.05, 3.63) is 66.1 Å². The zero-order chi connectivity index (χ0) is 22.0. The molecule has 0 aliphatic rings. The normalized spacial score (nSPS) is 10.6. The van der Waals surface area contributed by atoms with E-state index in [1.807, 2.05) is 6.07 Å². The van der Waals surface area contributed by atoms with Gasteiger partial charge in [0, 0.05) is 28.6 Å². The smallest absolute Gasteiger partial charge is 0.252 e. The number of phenols is 1. The number of nitriles is 1. The molecule has 0 atom stereocenters. The Labute approximate surface area is 176 Å². The lowest BCUT2D eigenvalue weighted by Crippen LogP contribution is -2.23. The monoisotopic (exact) mass is 417 g/mol. The summed E-state index contributed by atoms with van der Waals surface area (Å²) < 4.78 is 26.2. The SMILES string of the molecule is COc1cc2nccc(Oc3ccc4c(C(=O)NCC#N)cccc4c3F)c2cc1O. The zero-order valence-electron chi connectivity index (χ0n) is 16.3. The van der Waals surface area contributed by atoms with E-state index < -0.39 is 11.7 Å². The summed E-state index contributed by atoms with van der Waals surface area (Å²) in [5.74, 6) is -0.704. The Kier molecular flexibility index (Phi) is 5.24. The van der Waals surface area contributed by atoms with Gasteiger partial charge in [-0.1, -0.05) is 12.1 Å². The van der Waals surface area contributed by atoms with Gasteiger partial charge < -0.3 is 19.9 Å². The van der Waals surface area contributed by atoms with Crippen LogP contribution in [0, 0.1) is 17.1 Å². The Morgan fingerprint density at radius 1 is 1.13 bits per heavy atom. The number of phenolic OH excluding ortho intramolecular Hbond substituents is 1. The molecule has 4 aromatic rings. The summed E-state index contributed by atoms with van der Waals surface area (Å²) in [5.41, 5.74) is 0.759. The molecule has 3 aromatic carbocycles. The third-order valence-electron chi connectivity index (χ3n) is 4.76. The third-order valence-corrected chi connectivity index (χ3v) is 4.76. The van der Waals surface area contributed by atoms with Crippen LogP contribution in [0.15, 0.2) is 54.7 Å². The number of hydrogen-bond donors (Lipinski definition) is 2. The molecule has 0 bridgehead atoms. The quantitative estimate of drug-likeness (QED) is 0.470. The first kappa shape index (κ1) is 19.9. The number of aromatic nitrogens is 1. The predicted molar refractivity (Wildman–Crippen MR) is 112 cm³/mol. The van der Waals surface area contributed by atoms with E-state index in [4.69, 9.17) is 14.7 Å². The van der Waals surface area contributed by atoms with E-state index in [9.17, 15) is 9.90 Å². The van der Waals surface area contributed by atoms with E-state index in [0.717, 1.165) is 0 Å². The van der Waals surface area contributed by atoms with Gasteiger partial charge in [-0.05, 0) is 35.7 Å². The topological polar surface area (TPSA) is 104 Å². The number of ether oxygens (including phenoxy) is 2. The molecule has 1 heterocycles. The first-order valence-corrected chi connectivity index (χ1v) is 9.23. The average Bonchev–Trinajstić information content (AvgIpc) is 2.79. The molecule has 0 fully saturated rings. The van der Waals surface area contributed by atoms with Gasteiger partial charge in [0.2, 0.25) is 0 Å². The summed E-state index contributed by atoms with van der Waals surface area (Å²) in [6.45, 7) is -0.147. The van der Waals surface area contributed by atoms with Gasteiger partial charge in [-0.2, -0.15) is 5.26 Å². The first-order chi connectivity index (χ1) is 15.0. The van der Waals surface area contributed by atoms with Gasteiger partial charge in [0.05, 0.1) is 18.7 Å². The number of fused-ring (bicyclic) bond motifs is 2. The molecule has 1 aromatic heterocycles. The van der Waals surface area contributed by atoms with E-state index in [1.165, 1.54) is 25.4 Å². The average molecular weight is 417 g/mol. The van der Waals surface area contributed by atoms with Crippen LogP contribution in [0.25, 0.3) is 21.7 Å². The maximum absolute atomic E-state index is 15.3. The van der Waals surface area contributed by atoms with Crippen LogP contribution in [0.3, 0.4) is 0 Å². The number of aromatic hydroxyl groups is 1. The van der Waals surface area contributed by atoms with Crippen molar-refractivity contribution in [2.45, 2.75) is 0 Å². The largest absolute Gasteiger partial charge is 0.504 e. The van der Waals surface area contributed by atoms with Crippen molar-refractivity contribution in [3.63, 3.8) is 0 Å². The van der Waals surface area contributed by atoms with Crippen molar-refractivity contribution in [2.24, 2.45) is 0 Å². The van der Waals surface area contributed by atoms with Crippen molar-refractivity contribution in [1.29, 1.82) is 5.26 Å². The van der Waals surface area contributed by atoms with Crippen LogP contribution in [0.4, 0.5) is 4.39 Å². The summed E-state index contributed by atoms with van der Waals surface area (Å²) in [4.78, 5) is 16.5. The number of nitrogens with one attached hydrogen (secondary N) is 1. The highest BCUT2D eigenvalue weighted by Crippen LogP contribution is 2.38. The molecule has 8 heteroatoms. The number of carbonyl (C=O) groups excluding carboxylic acids is 1. The van der Waals surface area contributed by atoms with Crippen LogP contribution < -0.4 is 14.8 Å². The minimum absolute atomic E-state index is 0.0510. The van der Waals surface area contributed by atoms with Gasteiger partial charge in [0.1, 0.15) is 12.3 Å². The van der Waals surface area contributed by atoms with E-state index in [-0.39, 0.29) is 34.7 Å². The Balaban J connectivity index is 1.77. The molecule has 0 aliphatic carbocycles. The lowest BCUT2D eigenvalue weighted by atomic mass is 10.0. The highest BCUT2D eigenvalue weighted by atomic mass is 19.1. The number of amides is 1. The maximum atomic E-state index is 15.3. The fourth-order valence-corrected chi connectivity index (χ4v) is 3.30. The van der Waals surface area contributed by atoms with Crippen molar-refractivity contribution in [3.8, 4) is 29.1 Å². The Hall–Kier alpha value is -4.38. The molecule has 154 valence electrons. The lowest BCUT2D eigenvalue weighted by Gasteiger charge is -2.13. The number of carbonyl (C=O) groups is 1. The molecular weight excluding hydrogens is 401 g/mol. The molecule has 2 N–H and O–H groups in total. The number of benzene rings is 3. The number of nitrogens with zero attached hydrogens (tertiary/aromatic N) is 2. The van der Waals surface area contributed by atoms with Gasteiger partial charge in [-0.15, -0.1) is 0 Å². The molecule has 31 heavy (non-hydrogen) atoms. The highest BCUT2D eigenvalue weighted by molar-refractivity contribution is 6.07. The molecule has 0 aliphatic heterocycles. The maximum Gasteiger partial charge on any atom is 0.252 e. The second-order valence-corrected chi connectivity index (χ2v) is 6.57. The summed E-state index contributed by atoms with van der Waals surface area (Å²) >= 11 is 0. The minimum atomic E-state index is -0.643. The predicted octanol–water partition coefficient (Wildman–Crippen LogP) is 4.29. The molecular formula is C23H16FN3O4. The molecule has 0 radical (unpaired) electrons. The van der Waals surface area contributed by atoms with Crippen LogP contribution in [-0.2, 0) is 0 Å². The zero-order valence-corrected chi connectivity index (χ0v) is 16.3. The fraction of sp³-hybridized carbons (Fsp3) is 0.0870. The fourth-order valence-electron chi connectivity index (χ4n) is 3.30. The van der Waals surface area contributed by atoms with Crippen LogP contribution >= 0.6 is 0 Å². The van der Waals surface area contributed by atoms with E-state index in [1.54, 1.807) is 36.4 Å². The number of methoxy groups -OCH3 is 1. The van der Waals surface area contributed by atoms with E-state index >= 15 is 4.39 Å². The van der Waals surface area contributed by atoms with Crippen LogP contribution in [-0.4, -0.2) is 29.7 Å². The molecule has 0 unspecified atom stereocenters. The van der Waals surface area contributed by atoms with Gasteiger partial charge in [-0.25, -0.2) is 4.39 Å². The molecule has 0 spiro atoms. The summed E-state index contributed by atoms with van der Waals surface area (Å²) in [6.07, 6.45) is 1.50. The van der Waals surface area contributed by atoms with Crippen LogP contribution in [0.1, 0.15) is 10.4 Å². The second kappa shape index (κ2) is 8.16. The van der Waals surface area contributed by atoms with Crippen molar-refractivity contribution < 1.29 is 23.8 Å². The van der Waals surface area contributed by atoms with Gasteiger partial charge >= 0.3 is 0 Å². The van der Waals surface area contributed by atoms with Crippen LogP contribution in [0.5, 0.6) is 23.0 Å². The van der Waals surface area contributed by atoms with Gasteiger partial charge in [0.15, 0.2) is 23.1 Å². The number of pyridine rings is 1. The van der Waals surface area contributed by atoms with Crippen molar-refractivity contribution in [1.82, 2.24) is 10.3 Å². The molecule has 4 rings (SSSR count). The summed E-state index contributed by atoms with van der Waals surface area (Å²) in [5, 5.41) is 22.3. The van der Waals surface area contributed by atoms with Crippen molar-refractivity contribution in [2.75, 3.05) is 13.7 Å². The Bertz CT molecular complexity index is 1360. The van der Waals surface area contributed by atoms with E-state index in [0.29, 0.717) is 22.0 Å². The second-order valence-electron chi connectivity index (χ2n) is 6.57. The molecule has 0 saturated heterocycles. The Morgan fingerprint density at radius 2 is 1.97 bits per heavy atom. The summed E-state index contributed by atoms with van der Waals surface area (Å²) in [7, 11) is 1.43. The highest BCUT2D eigenvalue weighted by Gasteiger charge is 2.17. The first-order valence-electron chi connectivity index (χ1n) is 9.23. The van der Waals surface area contributed by atoms with Gasteiger partial charge in [0.25, 0.3) is 5.91 Å². The lowest BCUT2D eigenvalue weighted by molar-refractivity contribution is 0.0960. The number of hydrogen-bond acceptors (Lipinski definition) is 6. The number of rotatable bonds is 5. The third kappa shape index (κ3) is 3.65. The van der Waals surface area contributed by atoms with Crippen molar-refractivity contribution >= 4 is 27.6 Å². The number of halogens is 1.